The molecule has 0 aliphatic heterocycles. The predicted molar refractivity (Wildman–Crippen MR) is 152 cm³/mol. The molecule has 0 aliphatic rings. The van der Waals surface area contributed by atoms with Gasteiger partial charge in [-0.15, -0.1) is 0 Å². The molecule has 3 rings (SSSR count). The van der Waals surface area contributed by atoms with E-state index in [9.17, 15) is 18.0 Å². The smallest absolute Gasteiger partial charge is 0.244 e. The van der Waals surface area contributed by atoms with E-state index < -0.39 is 28.5 Å². The highest BCUT2D eigenvalue weighted by Gasteiger charge is 2.33. The second-order valence-corrected chi connectivity index (χ2v) is 11.7. The van der Waals surface area contributed by atoms with Gasteiger partial charge in [0.05, 0.1) is 11.9 Å². The molecule has 0 saturated carbocycles. The van der Waals surface area contributed by atoms with Gasteiger partial charge in [0.1, 0.15) is 12.6 Å². The van der Waals surface area contributed by atoms with Crippen molar-refractivity contribution in [1.29, 1.82) is 0 Å². The van der Waals surface area contributed by atoms with Gasteiger partial charge in [-0.2, -0.15) is 0 Å². The normalized spacial score (nSPS) is 12.2. The number of para-hydroxylation sites is 1. The van der Waals surface area contributed by atoms with E-state index in [2.05, 4.69) is 5.32 Å². The third-order valence-corrected chi connectivity index (χ3v) is 7.62. The van der Waals surface area contributed by atoms with Gasteiger partial charge in [0.25, 0.3) is 0 Å². The van der Waals surface area contributed by atoms with Crippen molar-refractivity contribution in [2.24, 2.45) is 0 Å². The number of amides is 2. The zero-order chi connectivity index (χ0) is 27.9. The quantitative estimate of drug-likeness (QED) is 0.397. The highest BCUT2D eigenvalue weighted by atomic mass is 32.2. The maximum absolute atomic E-state index is 14.0. The Morgan fingerprint density at radius 3 is 2.05 bits per heavy atom. The molecule has 0 radical (unpaired) electrons. The molecule has 0 heterocycles. The number of hydrogen-bond acceptors (Lipinski definition) is 4. The third kappa shape index (κ3) is 7.44. The van der Waals surface area contributed by atoms with Gasteiger partial charge >= 0.3 is 0 Å². The number of benzene rings is 3. The van der Waals surface area contributed by atoms with E-state index in [1.807, 2.05) is 87.5 Å². The van der Waals surface area contributed by atoms with Crippen LogP contribution in [0.5, 0.6) is 0 Å². The maximum Gasteiger partial charge on any atom is 0.244 e. The summed E-state index contributed by atoms with van der Waals surface area (Å²) in [6.45, 7) is 5.67. The monoisotopic (exact) mass is 535 g/mol. The number of nitrogens with one attached hydrogen (secondary N) is 1. The Morgan fingerprint density at radius 1 is 0.868 bits per heavy atom. The van der Waals surface area contributed by atoms with Crippen LogP contribution in [0.3, 0.4) is 0 Å². The topological polar surface area (TPSA) is 86.8 Å². The molecule has 0 unspecified atom stereocenters. The standard InChI is InChI=1S/C30H37N3O4S/c1-22(2)26-13-9-10-14-27(26)33(38(5,36)37)21-29(34)32(20-25-17-15-23(3)16-18-25)28(30(35)31-4)19-24-11-7-6-8-12-24/h6-18,22,28H,19-21H2,1-5H3,(H,31,35)/t28-/m1/s1. The van der Waals surface area contributed by atoms with E-state index in [-0.39, 0.29) is 18.4 Å². The van der Waals surface area contributed by atoms with E-state index >= 15 is 0 Å². The highest BCUT2D eigenvalue weighted by Crippen LogP contribution is 2.29. The molecule has 1 N–H and O–H groups in total. The first-order valence-electron chi connectivity index (χ1n) is 12.7. The van der Waals surface area contributed by atoms with E-state index in [4.69, 9.17) is 0 Å². The number of aryl methyl sites for hydroxylation is 1. The van der Waals surface area contributed by atoms with Gasteiger partial charge in [-0.25, -0.2) is 8.42 Å². The maximum atomic E-state index is 14.0. The number of hydrogen-bond donors (Lipinski definition) is 1. The third-order valence-electron chi connectivity index (χ3n) is 6.50. The summed E-state index contributed by atoms with van der Waals surface area (Å²) >= 11 is 0. The lowest BCUT2D eigenvalue weighted by Crippen LogP contribution is -2.53. The van der Waals surface area contributed by atoms with Crippen molar-refractivity contribution < 1.29 is 18.0 Å². The zero-order valence-corrected chi connectivity index (χ0v) is 23.5. The summed E-state index contributed by atoms with van der Waals surface area (Å²) in [4.78, 5) is 28.7. The predicted octanol–water partition coefficient (Wildman–Crippen LogP) is 4.27. The molecule has 8 heteroatoms. The molecular formula is C30H37N3O4S. The fourth-order valence-corrected chi connectivity index (χ4v) is 5.28. The Labute approximate surface area is 226 Å². The van der Waals surface area contributed by atoms with Crippen LogP contribution in [0.25, 0.3) is 0 Å². The Balaban J connectivity index is 2.06. The minimum atomic E-state index is -3.81. The first-order valence-corrected chi connectivity index (χ1v) is 14.5. The molecule has 0 saturated heterocycles. The second-order valence-electron chi connectivity index (χ2n) is 9.81. The first-order chi connectivity index (χ1) is 18.0. The average molecular weight is 536 g/mol. The van der Waals surface area contributed by atoms with Crippen molar-refractivity contribution in [1.82, 2.24) is 10.2 Å². The van der Waals surface area contributed by atoms with Gasteiger partial charge in [-0.05, 0) is 35.6 Å². The Hall–Kier alpha value is -3.65. The van der Waals surface area contributed by atoms with Gasteiger partial charge in [-0.1, -0.05) is 92.2 Å². The van der Waals surface area contributed by atoms with Crippen molar-refractivity contribution in [3.63, 3.8) is 0 Å². The molecule has 0 aliphatic carbocycles. The van der Waals surface area contributed by atoms with Gasteiger partial charge in [0.15, 0.2) is 0 Å². The van der Waals surface area contributed by atoms with Crippen LogP contribution in [0.1, 0.15) is 42.0 Å². The highest BCUT2D eigenvalue weighted by molar-refractivity contribution is 7.92. The molecule has 7 nitrogen and oxygen atoms in total. The minimum Gasteiger partial charge on any atom is -0.357 e. The fourth-order valence-electron chi connectivity index (χ4n) is 4.41. The van der Waals surface area contributed by atoms with E-state index in [1.165, 1.54) is 11.9 Å². The van der Waals surface area contributed by atoms with Crippen LogP contribution < -0.4 is 9.62 Å². The lowest BCUT2D eigenvalue weighted by Gasteiger charge is -2.34. The summed E-state index contributed by atoms with van der Waals surface area (Å²) in [5, 5.41) is 2.69. The number of likely N-dealkylation sites (N-methyl/N-ethyl adjacent to an activating group) is 1. The summed E-state index contributed by atoms with van der Waals surface area (Å²) in [5.74, 6) is -0.729. The van der Waals surface area contributed by atoms with Crippen LogP contribution in [0.2, 0.25) is 0 Å². The van der Waals surface area contributed by atoms with Crippen molar-refractivity contribution in [3.05, 3.63) is 101 Å². The zero-order valence-electron chi connectivity index (χ0n) is 22.7. The summed E-state index contributed by atoms with van der Waals surface area (Å²) < 4.78 is 27.1. The molecule has 1 atom stereocenters. The van der Waals surface area contributed by atoms with Crippen LogP contribution in [-0.2, 0) is 32.6 Å². The summed E-state index contributed by atoms with van der Waals surface area (Å²) in [7, 11) is -2.27. The Bertz CT molecular complexity index is 1340. The number of nitrogens with zero attached hydrogens (tertiary/aromatic N) is 2. The van der Waals surface area contributed by atoms with Gasteiger partial charge in [0, 0.05) is 20.0 Å². The minimum absolute atomic E-state index is 0.0471. The largest absolute Gasteiger partial charge is 0.357 e. The van der Waals surface area contributed by atoms with Gasteiger partial charge in [0.2, 0.25) is 21.8 Å². The Morgan fingerprint density at radius 2 is 1.47 bits per heavy atom. The molecule has 0 fully saturated rings. The van der Waals surface area contributed by atoms with Crippen LogP contribution >= 0.6 is 0 Å². The number of carbonyl (C=O) groups is 2. The van der Waals surface area contributed by atoms with Crippen molar-refractivity contribution in [2.75, 3.05) is 24.2 Å². The van der Waals surface area contributed by atoms with Crippen LogP contribution in [0.4, 0.5) is 5.69 Å². The molecule has 2 amide bonds. The number of carbonyl (C=O) groups excluding carboxylic acids is 2. The Kier molecular flexibility index (Phi) is 9.69. The van der Waals surface area contributed by atoms with Crippen molar-refractivity contribution >= 4 is 27.5 Å². The van der Waals surface area contributed by atoms with Crippen LogP contribution in [0, 0.1) is 6.92 Å². The number of anilines is 1. The number of rotatable bonds is 11. The molecule has 0 aromatic heterocycles. The number of sulfonamides is 1. The lowest BCUT2D eigenvalue weighted by atomic mass is 10.0. The summed E-state index contributed by atoms with van der Waals surface area (Å²) in [5.41, 5.74) is 4.11. The average Bonchev–Trinajstić information content (AvgIpc) is 2.89. The van der Waals surface area contributed by atoms with E-state index in [1.54, 1.807) is 12.1 Å². The molecule has 0 spiro atoms. The summed E-state index contributed by atoms with van der Waals surface area (Å²) in [6, 6.07) is 23.6. The first kappa shape index (κ1) is 28.9. The SMILES string of the molecule is CNC(=O)[C@@H](Cc1ccccc1)N(Cc1ccc(C)cc1)C(=O)CN(c1ccccc1C(C)C)S(C)(=O)=O. The van der Waals surface area contributed by atoms with Gasteiger partial charge in [-0.3, -0.25) is 13.9 Å². The van der Waals surface area contributed by atoms with Crippen molar-refractivity contribution in [3.8, 4) is 0 Å². The van der Waals surface area contributed by atoms with Crippen LogP contribution in [-0.4, -0.2) is 51.0 Å². The lowest BCUT2D eigenvalue weighted by molar-refractivity contribution is -0.139. The van der Waals surface area contributed by atoms with Gasteiger partial charge < -0.3 is 10.2 Å². The molecule has 0 bridgehead atoms. The molecule has 38 heavy (non-hydrogen) atoms. The summed E-state index contributed by atoms with van der Waals surface area (Å²) in [6.07, 6.45) is 1.39. The fraction of sp³-hybridized carbons (Fsp3) is 0.333. The molecular weight excluding hydrogens is 498 g/mol. The van der Waals surface area contributed by atoms with E-state index in [0.29, 0.717) is 12.1 Å². The van der Waals surface area contributed by atoms with E-state index in [0.717, 1.165) is 32.8 Å². The van der Waals surface area contributed by atoms with Crippen molar-refractivity contribution in [2.45, 2.75) is 45.7 Å². The second kappa shape index (κ2) is 12.7. The molecule has 202 valence electrons. The van der Waals surface area contributed by atoms with Crippen LogP contribution in [0.15, 0.2) is 78.9 Å². The molecule has 3 aromatic carbocycles. The molecule has 3 aromatic rings.